The molecule has 0 amide bonds. The van der Waals surface area contributed by atoms with Crippen LogP contribution in [0.5, 0.6) is 0 Å². The minimum atomic E-state index is -0.742. The molecule has 7 nitrogen and oxygen atoms in total. The molecular formula is C24H21BrN4O3S. The van der Waals surface area contributed by atoms with Gasteiger partial charge in [-0.15, -0.1) is 0 Å². The molecule has 0 saturated heterocycles. The van der Waals surface area contributed by atoms with E-state index in [2.05, 4.69) is 33.1 Å². The molecule has 1 aliphatic rings. The third kappa shape index (κ3) is 5.22. The standard InChI is InChI=1S/C24H21BrN4O3S/c1-4-31-24(30)21-19(12-33-23-17(10-26)13(2)9-14(3)29-23)32-22(28)18(11-27)20(21)15-5-7-16(25)8-6-15/h5-9,20H,4,12,28H2,1-3H3. The number of allylic oxidation sites excluding steroid dienone is 1. The number of rotatable bonds is 6. The molecule has 2 aromatic rings. The number of hydrogen-bond donors (Lipinski definition) is 1. The Morgan fingerprint density at radius 2 is 1.97 bits per heavy atom. The Balaban J connectivity index is 2.11. The van der Waals surface area contributed by atoms with Crippen LogP contribution in [0.4, 0.5) is 0 Å². The van der Waals surface area contributed by atoms with Crippen molar-refractivity contribution in [3.05, 3.63) is 80.0 Å². The number of pyridine rings is 1. The van der Waals surface area contributed by atoms with Crippen molar-refractivity contribution in [1.82, 2.24) is 4.98 Å². The van der Waals surface area contributed by atoms with Gasteiger partial charge in [0.05, 0.1) is 29.4 Å². The number of hydrogen-bond acceptors (Lipinski definition) is 8. The summed E-state index contributed by atoms with van der Waals surface area (Å²) in [5, 5.41) is 19.9. The molecule has 33 heavy (non-hydrogen) atoms. The third-order valence-corrected chi connectivity index (χ3v) is 6.46. The first-order valence-electron chi connectivity index (χ1n) is 10.0. The zero-order chi connectivity index (χ0) is 24.1. The fraction of sp³-hybridized carbons (Fsp3) is 0.250. The molecule has 1 aromatic carbocycles. The number of carbonyl (C=O) groups is 1. The normalized spacial score (nSPS) is 15.5. The number of carbonyl (C=O) groups excluding carboxylic acids is 1. The zero-order valence-electron chi connectivity index (χ0n) is 18.3. The van der Waals surface area contributed by atoms with Crippen molar-refractivity contribution in [3.8, 4) is 12.1 Å². The average Bonchev–Trinajstić information content (AvgIpc) is 2.77. The number of thioether (sulfide) groups is 1. The van der Waals surface area contributed by atoms with Crippen LogP contribution >= 0.6 is 27.7 Å². The molecule has 0 bridgehead atoms. The van der Waals surface area contributed by atoms with E-state index < -0.39 is 11.9 Å². The maximum atomic E-state index is 13.1. The van der Waals surface area contributed by atoms with Gasteiger partial charge in [0.25, 0.3) is 0 Å². The van der Waals surface area contributed by atoms with Crippen molar-refractivity contribution in [2.45, 2.75) is 31.7 Å². The molecule has 2 heterocycles. The highest BCUT2D eigenvalue weighted by Gasteiger charge is 2.37. The van der Waals surface area contributed by atoms with E-state index in [9.17, 15) is 15.3 Å². The first-order chi connectivity index (χ1) is 15.8. The summed E-state index contributed by atoms with van der Waals surface area (Å²) < 4.78 is 11.9. The van der Waals surface area contributed by atoms with Crippen LogP contribution in [0.1, 0.15) is 35.2 Å². The maximum Gasteiger partial charge on any atom is 0.338 e. The molecule has 9 heteroatoms. The Hall–Kier alpha value is -3.27. The highest BCUT2D eigenvalue weighted by molar-refractivity contribution is 9.10. The fourth-order valence-corrected chi connectivity index (χ4v) is 4.83. The number of nitrogens with zero attached hydrogens (tertiary/aromatic N) is 3. The van der Waals surface area contributed by atoms with Crippen LogP contribution in [-0.4, -0.2) is 23.3 Å². The van der Waals surface area contributed by atoms with Gasteiger partial charge in [-0.1, -0.05) is 39.8 Å². The van der Waals surface area contributed by atoms with Gasteiger partial charge in [0, 0.05) is 10.2 Å². The van der Waals surface area contributed by atoms with E-state index >= 15 is 0 Å². The summed E-state index contributed by atoms with van der Waals surface area (Å²) in [6.45, 7) is 5.57. The molecule has 1 aromatic heterocycles. The first-order valence-corrected chi connectivity index (χ1v) is 11.8. The Bertz CT molecular complexity index is 1240. The molecule has 1 atom stereocenters. The summed E-state index contributed by atoms with van der Waals surface area (Å²) in [7, 11) is 0. The molecule has 1 unspecified atom stereocenters. The quantitative estimate of drug-likeness (QED) is 0.424. The zero-order valence-corrected chi connectivity index (χ0v) is 20.7. The van der Waals surface area contributed by atoms with Gasteiger partial charge in [-0.3, -0.25) is 0 Å². The van der Waals surface area contributed by atoms with Crippen LogP contribution in [0, 0.1) is 36.5 Å². The van der Waals surface area contributed by atoms with Crippen molar-refractivity contribution in [2.24, 2.45) is 5.73 Å². The Labute approximate surface area is 205 Å². The van der Waals surface area contributed by atoms with Gasteiger partial charge in [-0.25, -0.2) is 9.78 Å². The van der Waals surface area contributed by atoms with Crippen molar-refractivity contribution in [3.63, 3.8) is 0 Å². The lowest BCUT2D eigenvalue weighted by molar-refractivity contribution is -0.139. The number of ether oxygens (including phenoxy) is 2. The Morgan fingerprint density at radius 1 is 1.27 bits per heavy atom. The number of halogens is 1. The molecule has 2 N–H and O–H groups in total. The molecule has 1 aliphatic heterocycles. The summed E-state index contributed by atoms with van der Waals surface area (Å²) >= 11 is 4.67. The van der Waals surface area contributed by atoms with Gasteiger partial charge in [0.2, 0.25) is 5.88 Å². The van der Waals surface area contributed by atoms with E-state index in [0.717, 1.165) is 15.7 Å². The van der Waals surface area contributed by atoms with Crippen molar-refractivity contribution < 1.29 is 14.3 Å². The maximum absolute atomic E-state index is 13.1. The number of nitriles is 2. The van der Waals surface area contributed by atoms with Gasteiger partial charge in [-0.2, -0.15) is 10.5 Å². The number of aryl methyl sites for hydroxylation is 2. The van der Waals surface area contributed by atoms with Crippen LogP contribution < -0.4 is 5.73 Å². The number of aromatic nitrogens is 1. The number of esters is 1. The van der Waals surface area contributed by atoms with E-state index in [1.54, 1.807) is 6.92 Å². The molecule has 168 valence electrons. The third-order valence-electron chi connectivity index (χ3n) is 4.96. The second kappa shape index (κ2) is 10.6. The lowest BCUT2D eigenvalue weighted by Gasteiger charge is -2.28. The van der Waals surface area contributed by atoms with Crippen molar-refractivity contribution in [1.29, 1.82) is 10.5 Å². The highest BCUT2D eigenvalue weighted by atomic mass is 79.9. The predicted molar refractivity (Wildman–Crippen MR) is 128 cm³/mol. The highest BCUT2D eigenvalue weighted by Crippen LogP contribution is 2.41. The summed E-state index contributed by atoms with van der Waals surface area (Å²) in [6, 6.07) is 13.4. The number of nitrogens with two attached hydrogens (primary N) is 1. The van der Waals surface area contributed by atoms with Crippen LogP contribution in [0.25, 0.3) is 0 Å². The molecule has 0 spiro atoms. The van der Waals surface area contributed by atoms with E-state index in [0.29, 0.717) is 16.2 Å². The molecule has 0 saturated carbocycles. The summed E-state index contributed by atoms with van der Waals surface area (Å²) in [6.07, 6.45) is 0. The summed E-state index contributed by atoms with van der Waals surface area (Å²) in [5.74, 6) is -0.953. The average molecular weight is 525 g/mol. The Morgan fingerprint density at radius 3 is 2.58 bits per heavy atom. The van der Waals surface area contributed by atoms with Gasteiger partial charge in [0.1, 0.15) is 28.5 Å². The van der Waals surface area contributed by atoms with Crippen LogP contribution in [0.15, 0.2) is 62.6 Å². The lowest BCUT2D eigenvalue weighted by Crippen LogP contribution is -2.27. The molecule has 0 radical (unpaired) electrons. The molecule has 0 aliphatic carbocycles. The van der Waals surface area contributed by atoms with E-state index in [-0.39, 0.29) is 35.1 Å². The van der Waals surface area contributed by atoms with Crippen LogP contribution in [0.2, 0.25) is 0 Å². The predicted octanol–water partition coefficient (Wildman–Crippen LogP) is 4.75. The fourth-order valence-electron chi connectivity index (χ4n) is 3.52. The van der Waals surface area contributed by atoms with Crippen molar-refractivity contribution >= 4 is 33.7 Å². The summed E-state index contributed by atoms with van der Waals surface area (Å²) in [4.78, 5) is 17.5. The van der Waals surface area contributed by atoms with Crippen LogP contribution in [0.3, 0.4) is 0 Å². The van der Waals surface area contributed by atoms with Crippen molar-refractivity contribution in [2.75, 3.05) is 12.4 Å². The lowest BCUT2D eigenvalue weighted by atomic mass is 9.83. The monoisotopic (exact) mass is 524 g/mol. The van der Waals surface area contributed by atoms with E-state index in [1.807, 2.05) is 44.2 Å². The van der Waals surface area contributed by atoms with Gasteiger partial charge in [0.15, 0.2) is 0 Å². The van der Waals surface area contributed by atoms with Gasteiger partial charge >= 0.3 is 5.97 Å². The largest absolute Gasteiger partial charge is 0.463 e. The minimum Gasteiger partial charge on any atom is -0.463 e. The van der Waals surface area contributed by atoms with E-state index in [1.165, 1.54) is 11.8 Å². The van der Waals surface area contributed by atoms with Gasteiger partial charge in [-0.05, 0) is 50.1 Å². The SMILES string of the molecule is CCOC(=O)C1=C(CSc2nc(C)cc(C)c2C#N)OC(N)=C(C#N)C1c1ccc(Br)cc1. The second-order valence-electron chi connectivity index (χ2n) is 7.19. The molecule has 3 rings (SSSR count). The molecule has 0 fully saturated rings. The van der Waals surface area contributed by atoms with Crippen LogP contribution in [-0.2, 0) is 14.3 Å². The first kappa shape index (κ1) is 24.4. The summed E-state index contributed by atoms with van der Waals surface area (Å²) in [5.41, 5.74) is 9.21. The Kier molecular flexibility index (Phi) is 7.80. The number of benzene rings is 1. The van der Waals surface area contributed by atoms with Gasteiger partial charge < -0.3 is 15.2 Å². The van der Waals surface area contributed by atoms with E-state index in [4.69, 9.17) is 15.2 Å². The second-order valence-corrected chi connectivity index (χ2v) is 9.07. The molecular weight excluding hydrogens is 504 g/mol. The topological polar surface area (TPSA) is 122 Å². The smallest absolute Gasteiger partial charge is 0.338 e. The minimum absolute atomic E-state index is 0.0667.